The van der Waals surface area contributed by atoms with Gasteiger partial charge in [-0.2, -0.15) is 11.6 Å². The summed E-state index contributed by atoms with van der Waals surface area (Å²) in [6, 6.07) is 29.6. The third-order valence-electron chi connectivity index (χ3n) is 5.42. The van der Waals surface area contributed by atoms with Gasteiger partial charge in [-0.05, 0) is 0 Å². The predicted octanol–water partition coefficient (Wildman–Crippen LogP) is 2.07. The van der Waals surface area contributed by atoms with Crippen molar-refractivity contribution in [2.75, 3.05) is 0 Å². The van der Waals surface area contributed by atoms with Gasteiger partial charge in [0, 0.05) is 0 Å². The molecule has 4 aromatic carbocycles. The normalized spacial score (nSPS) is 14.1. The molecule has 0 nitrogen and oxygen atoms in total. The minimum atomic E-state index is 0. The van der Waals surface area contributed by atoms with E-state index in [9.17, 15) is 0 Å². The molecule has 0 saturated carbocycles. The van der Waals surface area contributed by atoms with E-state index in [0.29, 0.717) is 11.8 Å². The molecule has 33 heavy (non-hydrogen) atoms. The average molecular weight is 553 g/mol. The molecule has 1 aliphatic rings. The zero-order chi connectivity index (χ0) is 22.2. The maximum Gasteiger partial charge on any atom is -0.0771 e. The van der Waals surface area contributed by atoms with Crippen molar-refractivity contribution in [1.29, 1.82) is 0 Å². The Labute approximate surface area is 226 Å². The van der Waals surface area contributed by atoms with E-state index in [-0.39, 0.29) is 24.8 Å². The van der Waals surface area contributed by atoms with Crippen LogP contribution in [0.15, 0.2) is 102 Å². The first-order chi connectivity index (χ1) is 15.0. The van der Waals surface area contributed by atoms with Crippen LogP contribution in [0.25, 0.3) is 21.5 Å². The number of halogens is 2. The standard InChI is InChI=1S/C13H9.C10H15.C7H6.2ClH.Zr/c1-3-7-12-10(5-1)9-11-6-2-4-8-13(11)12;1-7(2)10-6-8(3)5-9(10)4;1-7-5-3-2-4-6-7;;;/h1-9H;6-8H,1-4H3;1-6H;2*1H;/q2*-1;;;;+2/p-2. The molecule has 0 aliphatic heterocycles. The summed E-state index contributed by atoms with van der Waals surface area (Å²) in [6.45, 7) is 8.79. The molecule has 3 heteroatoms. The second kappa shape index (κ2) is 14.6. The Kier molecular flexibility index (Phi) is 13.0. The van der Waals surface area contributed by atoms with Crippen LogP contribution in [0.2, 0.25) is 0 Å². The van der Waals surface area contributed by atoms with Crippen molar-refractivity contribution >= 4 is 25.3 Å². The van der Waals surface area contributed by atoms with Crippen LogP contribution >= 0.6 is 0 Å². The second-order valence-electron chi connectivity index (χ2n) is 8.21. The minimum absolute atomic E-state index is 0. The van der Waals surface area contributed by atoms with Crippen molar-refractivity contribution < 1.29 is 49.0 Å². The van der Waals surface area contributed by atoms with Crippen LogP contribution in [-0.2, 0) is 24.2 Å². The molecule has 1 atom stereocenters. The Bertz CT molecular complexity index is 1150. The number of rotatable bonds is 2. The van der Waals surface area contributed by atoms with Crippen LogP contribution in [0.5, 0.6) is 0 Å². The Morgan fingerprint density at radius 3 is 1.67 bits per heavy atom. The van der Waals surface area contributed by atoms with Gasteiger partial charge in [-0.3, -0.25) is 6.08 Å². The summed E-state index contributed by atoms with van der Waals surface area (Å²) in [6.07, 6.45) is 5.68. The van der Waals surface area contributed by atoms with Crippen LogP contribution in [-0.4, -0.2) is 3.71 Å². The number of hydrogen-bond acceptors (Lipinski definition) is 0. The van der Waals surface area contributed by atoms with Gasteiger partial charge in [-0.25, -0.2) is 5.57 Å². The molecule has 0 bridgehead atoms. The average Bonchev–Trinajstić information content (AvgIpc) is 3.34. The van der Waals surface area contributed by atoms with Gasteiger partial charge >= 0.3 is 63.8 Å². The first kappa shape index (κ1) is 29.4. The third-order valence-corrected chi connectivity index (χ3v) is 6.24. The van der Waals surface area contributed by atoms with Gasteiger partial charge in [0.15, 0.2) is 0 Å². The number of benzene rings is 3. The smallest absolute Gasteiger partial charge is 0.0771 e. The Morgan fingerprint density at radius 2 is 1.30 bits per heavy atom. The summed E-state index contributed by atoms with van der Waals surface area (Å²) >= 11 is 1.46. The van der Waals surface area contributed by atoms with Crippen molar-refractivity contribution in [3.63, 3.8) is 0 Å². The molecule has 1 unspecified atom stereocenters. The molecule has 0 N–H and O–H groups in total. The summed E-state index contributed by atoms with van der Waals surface area (Å²) in [4.78, 5) is 0. The van der Waals surface area contributed by atoms with Gasteiger partial charge in [-0.1, -0.05) is 75.9 Å². The molecule has 0 aromatic heterocycles. The van der Waals surface area contributed by atoms with Crippen molar-refractivity contribution in [3.8, 4) is 0 Å². The monoisotopic (exact) mass is 550 g/mol. The fourth-order valence-corrected chi connectivity index (χ4v) is 4.41. The van der Waals surface area contributed by atoms with Crippen LogP contribution in [0.1, 0.15) is 33.3 Å². The van der Waals surface area contributed by atoms with Crippen molar-refractivity contribution in [3.05, 3.63) is 114 Å². The summed E-state index contributed by atoms with van der Waals surface area (Å²) < 4.78 is 2.17. The molecule has 0 spiro atoms. The van der Waals surface area contributed by atoms with E-state index in [1.165, 1.54) is 62.5 Å². The molecule has 5 rings (SSSR count). The van der Waals surface area contributed by atoms with Crippen LogP contribution < -0.4 is 24.8 Å². The SMILES string of the molecule is CC1=[C-]C(C)C=C1C(C)C.[Cl-].[Cl-].[Zr+2]=[CH]c1ccccc1.c1ccc2c(c1)[cH-]c1ccccc12. The first-order valence-electron chi connectivity index (χ1n) is 10.9. The zero-order valence-corrected chi connectivity index (χ0v) is 23.6. The van der Waals surface area contributed by atoms with Crippen LogP contribution in [0.4, 0.5) is 0 Å². The summed E-state index contributed by atoms with van der Waals surface area (Å²) in [5.74, 6) is 1.20. The summed E-state index contributed by atoms with van der Waals surface area (Å²) in [5.41, 5.74) is 4.15. The van der Waals surface area contributed by atoms with E-state index < -0.39 is 0 Å². The molecule has 1 aliphatic carbocycles. The topological polar surface area (TPSA) is 0 Å². The quantitative estimate of drug-likeness (QED) is 0.334. The molecular formula is C30H30Cl2Zr-2. The number of allylic oxidation sites excluding steroid dienone is 4. The van der Waals surface area contributed by atoms with Gasteiger partial charge in [0.1, 0.15) is 0 Å². The maximum atomic E-state index is 3.37. The minimum Gasteiger partial charge on any atom is -0.126 e. The molecule has 0 amide bonds. The van der Waals surface area contributed by atoms with E-state index in [4.69, 9.17) is 0 Å². The summed E-state index contributed by atoms with van der Waals surface area (Å²) in [7, 11) is 0. The Balaban J connectivity index is 0.000000248. The Morgan fingerprint density at radius 1 is 0.818 bits per heavy atom. The number of hydrogen-bond donors (Lipinski definition) is 0. The van der Waals surface area contributed by atoms with Gasteiger partial charge in [-0.15, -0.1) is 39.7 Å². The molecule has 170 valence electrons. The van der Waals surface area contributed by atoms with Gasteiger partial charge in [0.05, 0.1) is 0 Å². The van der Waals surface area contributed by atoms with Crippen molar-refractivity contribution in [2.24, 2.45) is 11.8 Å². The predicted molar refractivity (Wildman–Crippen MR) is 133 cm³/mol. The number of fused-ring (bicyclic) bond motifs is 3. The largest absolute Gasteiger partial charge is 0.126 e. The van der Waals surface area contributed by atoms with E-state index in [0.717, 1.165) is 0 Å². The van der Waals surface area contributed by atoms with E-state index >= 15 is 0 Å². The second-order valence-corrected chi connectivity index (χ2v) is 8.92. The maximum absolute atomic E-state index is 3.37. The summed E-state index contributed by atoms with van der Waals surface area (Å²) in [5, 5.41) is 5.39. The first-order valence-corrected chi connectivity index (χ1v) is 12.3. The molecule has 0 radical (unpaired) electrons. The molecule has 4 aromatic rings. The fraction of sp³-hybridized carbons (Fsp3) is 0.200. The van der Waals surface area contributed by atoms with Gasteiger partial charge < -0.3 is 24.8 Å². The molecule has 0 fully saturated rings. The van der Waals surface area contributed by atoms with Crippen LogP contribution in [0, 0.1) is 17.9 Å². The van der Waals surface area contributed by atoms with Gasteiger partial charge in [0.2, 0.25) is 0 Å². The van der Waals surface area contributed by atoms with Gasteiger partial charge in [0.25, 0.3) is 0 Å². The van der Waals surface area contributed by atoms with E-state index in [1.54, 1.807) is 0 Å². The molecule has 0 saturated heterocycles. The molecule has 0 heterocycles. The zero-order valence-electron chi connectivity index (χ0n) is 19.6. The fourth-order valence-electron chi connectivity index (χ4n) is 3.94. The Hall–Kier alpha value is -1.66. The third kappa shape index (κ3) is 8.25. The van der Waals surface area contributed by atoms with E-state index in [2.05, 4.69) is 122 Å². The van der Waals surface area contributed by atoms with E-state index in [1.807, 2.05) is 6.07 Å². The van der Waals surface area contributed by atoms with Crippen molar-refractivity contribution in [1.82, 2.24) is 0 Å². The van der Waals surface area contributed by atoms with Crippen LogP contribution in [0.3, 0.4) is 0 Å². The van der Waals surface area contributed by atoms with Crippen molar-refractivity contribution in [2.45, 2.75) is 27.7 Å². The molecular weight excluding hydrogens is 522 g/mol.